The van der Waals surface area contributed by atoms with Gasteiger partial charge in [0.15, 0.2) is 0 Å². The van der Waals surface area contributed by atoms with Gasteiger partial charge in [-0.3, -0.25) is 0 Å². The summed E-state index contributed by atoms with van der Waals surface area (Å²) in [4.78, 5) is 0. The van der Waals surface area contributed by atoms with Crippen LogP contribution in [0.4, 0.5) is 4.39 Å². The lowest BCUT2D eigenvalue weighted by Crippen LogP contribution is -2.38. The maximum absolute atomic E-state index is 12.7. The topological polar surface area (TPSA) is 21.3 Å². The number of hydrogen-bond acceptors (Lipinski definition) is 2. The summed E-state index contributed by atoms with van der Waals surface area (Å²) in [5.74, 6) is -0.203. The molecule has 1 N–H and O–H groups in total. The van der Waals surface area contributed by atoms with Crippen LogP contribution < -0.4 is 5.32 Å². The van der Waals surface area contributed by atoms with Crippen molar-refractivity contribution in [3.63, 3.8) is 0 Å². The first kappa shape index (κ1) is 9.62. The van der Waals surface area contributed by atoms with Gasteiger partial charge in [0.2, 0.25) is 0 Å². The minimum atomic E-state index is -0.203. The van der Waals surface area contributed by atoms with E-state index >= 15 is 0 Å². The van der Waals surface area contributed by atoms with Gasteiger partial charge in [-0.2, -0.15) is 0 Å². The Morgan fingerprint density at radius 1 is 1.29 bits per heavy atom. The predicted molar refractivity (Wildman–Crippen MR) is 52.6 cm³/mol. The van der Waals surface area contributed by atoms with Crippen LogP contribution >= 0.6 is 0 Å². The van der Waals surface area contributed by atoms with E-state index in [1.54, 1.807) is 12.1 Å². The zero-order valence-corrected chi connectivity index (χ0v) is 8.16. The molecular weight excluding hydrogens is 181 g/mol. The number of nitrogens with one attached hydrogen (secondary N) is 1. The molecule has 2 atom stereocenters. The lowest BCUT2D eigenvalue weighted by molar-refractivity contribution is -0.0287. The molecule has 2 rings (SSSR count). The molecule has 0 aromatic heterocycles. The van der Waals surface area contributed by atoms with E-state index < -0.39 is 0 Å². The van der Waals surface area contributed by atoms with Gasteiger partial charge in [-0.25, -0.2) is 4.39 Å². The van der Waals surface area contributed by atoms with Crippen molar-refractivity contribution in [2.24, 2.45) is 0 Å². The van der Waals surface area contributed by atoms with Gasteiger partial charge in [-0.15, -0.1) is 0 Å². The standard InChI is InChI=1S/C11H14FNO/c1-8-6-13-7-11(14-8)9-2-4-10(12)5-3-9/h2-5,8,11,13H,6-7H2,1H3/t8-,11-/m0/s1. The highest BCUT2D eigenvalue weighted by Gasteiger charge is 2.19. The smallest absolute Gasteiger partial charge is 0.123 e. The van der Waals surface area contributed by atoms with E-state index in [1.807, 2.05) is 6.92 Å². The van der Waals surface area contributed by atoms with Crippen LogP contribution in [0.25, 0.3) is 0 Å². The first-order valence-electron chi connectivity index (χ1n) is 4.87. The van der Waals surface area contributed by atoms with E-state index in [-0.39, 0.29) is 18.0 Å². The maximum atomic E-state index is 12.7. The first-order chi connectivity index (χ1) is 6.75. The first-order valence-corrected chi connectivity index (χ1v) is 4.87. The maximum Gasteiger partial charge on any atom is 0.123 e. The van der Waals surface area contributed by atoms with Crippen LogP contribution in [-0.4, -0.2) is 19.2 Å². The van der Waals surface area contributed by atoms with E-state index in [0.717, 1.165) is 18.7 Å². The van der Waals surface area contributed by atoms with Crippen molar-refractivity contribution < 1.29 is 9.13 Å². The zero-order chi connectivity index (χ0) is 9.97. The second-order valence-electron chi connectivity index (χ2n) is 3.65. The lowest BCUT2D eigenvalue weighted by atomic mass is 10.1. The molecule has 1 aliphatic heterocycles. The minimum absolute atomic E-state index is 0.0550. The van der Waals surface area contributed by atoms with Crippen molar-refractivity contribution in [2.45, 2.75) is 19.1 Å². The quantitative estimate of drug-likeness (QED) is 0.738. The molecule has 1 fully saturated rings. The van der Waals surface area contributed by atoms with Crippen molar-refractivity contribution >= 4 is 0 Å². The van der Waals surface area contributed by atoms with Crippen LogP contribution in [0.1, 0.15) is 18.6 Å². The van der Waals surface area contributed by atoms with Crippen LogP contribution in [0.5, 0.6) is 0 Å². The summed E-state index contributed by atoms with van der Waals surface area (Å²) in [5.41, 5.74) is 1.03. The third-order valence-corrected chi connectivity index (χ3v) is 2.40. The largest absolute Gasteiger partial charge is 0.368 e. The van der Waals surface area contributed by atoms with E-state index in [4.69, 9.17) is 4.74 Å². The van der Waals surface area contributed by atoms with E-state index in [9.17, 15) is 4.39 Å². The Bertz CT molecular complexity index is 299. The summed E-state index contributed by atoms with van der Waals surface area (Å²) in [7, 11) is 0. The van der Waals surface area contributed by atoms with Crippen LogP contribution in [0.3, 0.4) is 0 Å². The third kappa shape index (κ3) is 2.11. The molecular formula is C11H14FNO. The molecule has 0 unspecified atom stereocenters. The highest BCUT2D eigenvalue weighted by molar-refractivity contribution is 5.19. The van der Waals surface area contributed by atoms with Crippen molar-refractivity contribution in [2.75, 3.05) is 13.1 Å². The van der Waals surface area contributed by atoms with E-state index in [0.29, 0.717) is 0 Å². The SMILES string of the molecule is C[C@H]1CNC[C@@H](c2ccc(F)cc2)O1. The fraction of sp³-hybridized carbons (Fsp3) is 0.455. The molecule has 0 radical (unpaired) electrons. The van der Waals surface area contributed by atoms with Gasteiger partial charge in [-0.1, -0.05) is 12.1 Å². The predicted octanol–water partition coefficient (Wildman–Crippen LogP) is 1.88. The second-order valence-corrected chi connectivity index (χ2v) is 3.65. The fourth-order valence-corrected chi connectivity index (χ4v) is 1.67. The Morgan fingerprint density at radius 3 is 2.64 bits per heavy atom. The Kier molecular flexibility index (Phi) is 2.79. The molecule has 1 heterocycles. The van der Waals surface area contributed by atoms with Crippen LogP contribution in [0.15, 0.2) is 24.3 Å². The average molecular weight is 195 g/mol. The molecule has 0 aliphatic carbocycles. The van der Waals surface area contributed by atoms with Gasteiger partial charge >= 0.3 is 0 Å². The Morgan fingerprint density at radius 2 is 2.00 bits per heavy atom. The molecule has 1 aromatic carbocycles. The lowest BCUT2D eigenvalue weighted by Gasteiger charge is -2.29. The van der Waals surface area contributed by atoms with Crippen LogP contribution in [-0.2, 0) is 4.74 Å². The highest BCUT2D eigenvalue weighted by atomic mass is 19.1. The zero-order valence-electron chi connectivity index (χ0n) is 8.16. The molecule has 3 heteroatoms. The van der Waals surface area contributed by atoms with Crippen LogP contribution in [0.2, 0.25) is 0 Å². The summed E-state index contributed by atoms with van der Waals surface area (Å²) < 4.78 is 18.4. The molecule has 1 aromatic rings. The number of morpholine rings is 1. The van der Waals surface area contributed by atoms with Gasteiger partial charge in [0.05, 0.1) is 12.2 Å². The van der Waals surface area contributed by atoms with E-state index in [2.05, 4.69) is 5.32 Å². The molecule has 0 bridgehead atoms. The van der Waals surface area contributed by atoms with Gasteiger partial charge in [0.25, 0.3) is 0 Å². The minimum Gasteiger partial charge on any atom is -0.368 e. The summed E-state index contributed by atoms with van der Waals surface area (Å²) in [6.45, 7) is 3.72. The summed E-state index contributed by atoms with van der Waals surface area (Å²) in [6.07, 6.45) is 0.276. The normalized spacial score (nSPS) is 27.6. The monoisotopic (exact) mass is 195 g/mol. The van der Waals surface area contributed by atoms with Gasteiger partial charge in [0, 0.05) is 13.1 Å². The van der Waals surface area contributed by atoms with Crippen molar-refractivity contribution in [3.05, 3.63) is 35.6 Å². The molecule has 1 aliphatic rings. The molecule has 0 spiro atoms. The number of halogens is 1. The molecule has 0 saturated carbocycles. The molecule has 1 saturated heterocycles. The second kappa shape index (κ2) is 4.07. The van der Waals surface area contributed by atoms with Crippen molar-refractivity contribution in [3.8, 4) is 0 Å². The molecule has 2 nitrogen and oxygen atoms in total. The van der Waals surface area contributed by atoms with Crippen molar-refractivity contribution in [1.82, 2.24) is 5.32 Å². The number of hydrogen-bond donors (Lipinski definition) is 1. The molecule has 76 valence electrons. The molecule has 14 heavy (non-hydrogen) atoms. The fourth-order valence-electron chi connectivity index (χ4n) is 1.67. The van der Waals surface area contributed by atoms with Gasteiger partial charge in [-0.05, 0) is 24.6 Å². The Balaban J connectivity index is 2.10. The number of ether oxygens (including phenoxy) is 1. The van der Waals surface area contributed by atoms with Gasteiger partial charge < -0.3 is 10.1 Å². The number of rotatable bonds is 1. The summed E-state index contributed by atoms with van der Waals surface area (Å²) in [5, 5.41) is 3.28. The molecule has 0 amide bonds. The van der Waals surface area contributed by atoms with E-state index in [1.165, 1.54) is 12.1 Å². The summed E-state index contributed by atoms with van der Waals surface area (Å²) in [6, 6.07) is 6.50. The van der Waals surface area contributed by atoms with Crippen molar-refractivity contribution in [1.29, 1.82) is 0 Å². The third-order valence-electron chi connectivity index (χ3n) is 2.40. The Hall–Kier alpha value is -0.930. The van der Waals surface area contributed by atoms with Crippen LogP contribution in [0, 0.1) is 5.82 Å². The number of benzene rings is 1. The Labute approximate surface area is 83.1 Å². The highest BCUT2D eigenvalue weighted by Crippen LogP contribution is 2.21. The summed E-state index contributed by atoms with van der Waals surface area (Å²) >= 11 is 0. The average Bonchev–Trinajstić information content (AvgIpc) is 2.19. The van der Waals surface area contributed by atoms with Gasteiger partial charge in [0.1, 0.15) is 5.82 Å².